The maximum atomic E-state index is 13.8. The molecule has 1 aliphatic rings. The Morgan fingerprint density at radius 2 is 1.53 bits per heavy atom. The van der Waals surface area contributed by atoms with Crippen LogP contribution in [0, 0.1) is 6.92 Å². The fourth-order valence-corrected chi connectivity index (χ4v) is 4.81. The van der Waals surface area contributed by atoms with Gasteiger partial charge in [0, 0.05) is 19.0 Å². The molecular weight excluding hydrogens is 448 g/mol. The van der Waals surface area contributed by atoms with Crippen LogP contribution in [-0.2, 0) is 22.6 Å². The molecular formula is C31H36N2O3. The fraction of sp³-hybridized carbons (Fsp3) is 0.355. The van der Waals surface area contributed by atoms with Crippen LogP contribution in [0.3, 0.4) is 0 Å². The summed E-state index contributed by atoms with van der Waals surface area (Å²) in [6.07, 6.45) is 5.91. The highest BCUT2D eigenvalue weighted by Crippen LogP contribution is 2.21. The topological polar surface area (TPSA) is 58.6 Å². The Bertz CT molecular complexity index is 1110. The van der Waals surface area contributed by atoms with Gasteiger partial charge in [-0.05, 0) is 48.6 Å². The minimum absolute atomic E-state index is 0.0904. The monoisotopic (exact) mass is 484 g/mol. The Labute approximate surface area is 214 Å². The Kier molecular flexibility index (Phi) is 9.15. The maximum absolute atomic E-state index is 13.8. The molecule has 0 radical (unpaired) electrons. The van der Waals surface area contributed by atoms with Crippen molar-refractivity contribution in [2.24, 2.45) is 0 Å². The molecule has 5 nitrogen and oxygen atoms in total. The molecule has 36 heavy (non-hydrogen) atoms. The summed E-state index contributed by atoms with van der Waals surface area (Å²) in [4.78, 5) is 29.2. The van der Waals surface area contributed by atoms with Crippen molar-refractivity contribution in [3.8, 4) is 5.75 Å². The third-order valence-electron chi connectivity index (χ3n) is 6.93. The summed E-state index contributed by atoms with van der Waals surface area (Å²) < 4.78 is 5.82. The minimum atomic E-state index is -0.638. The third kappa shape index (κ3) is 7.20. The largest absolute Gasteiger partial charge is 0.484 e. The first kappa shape index (κ1) is 25.5. The van der Waals surface area contributed by atoms with Crippen LogP contribution in [0.5, 0.6) is 5.75 Å². The average molecular weight is 485 g/mol. The fourth-order valence-electron chi connectivity index (χ4n) is 4.81. The van der Waals surface area contributed by atoms with Gasteiger partial charge in [-0.1, -0.05) is 92.1 Å². The Hall–Kier alpha value is -3.60. The predicted octanol–water partition coefficient (Wildman–Crippen LogP) is 5.46. The zero-order valence-corrected chi connectivity index (χ0v) is 21.1. The number of carbonyl (C=O) groups excluding carboxylic acids is 2. The highest BCUT2D eigenvalue weighted by atomic mass is 16.5. The highest BCUT2D eigenvalue weighted by Gasteiger charge is 2.32. The van der Waals surface area contributed by atoms with E-state index < -0.39 is 6.04 Å². The number of rotatable bonds is 10. The van der Waals surface area contributed by atoms with Gasteiger partial charge < -0.3 is 15.0 Å². The zero-order valence-electron chi connectivity index (χ0n) is 21.1. The van der Waals surface area contributed by atoms with E-state index in [1.807, 2.05) is 91.9 Å². The molecule has 0 unspecified atom stereocenters. The number of aryl methyl sites for hydroxylation is 1. The first-order chi connectivity index (χ1) is 17.6. The van der Waals surface area contributed by atoms with Gasteiger partial charge in [-0.15, -0.1) is 0 Å². The van der Waals surface area contributed by atoms with E-state index in [0.29, 0.717) is 18.7 Å². The van der Waals surface area contributed by atoms with E-state index in [1.54, 1.807) is 4.90 Å². The summed E-state index contributed by atoms with van der Waals surface area (Å²) in [5.41, 5.74) is 3.13. The van der Waals surface area contributed by atoms with Crippen LogP contribution in [0.25, 0.3) is 0 Å². The van der Waals surface area contributed by atoms with Crippen LogP contribution in [-0.4, -0.2) is 35.4 Å². The van der Waals surface area contributed by atoms with Crippen LogP contribution in [0.1, 0.15) is 48.8 Å². The van der Waals surface area contributed by atoms with Crippen molar-refractivity contribution in [2.45, 2.75) is 64.1 Å². The zero-order chi connectivity index (χ0) is 25.2. The summed E-state index contributed by atoms with van der Waals surface area (Å²) in [7, 11) is 0. The van der Waals surface area contributed by atoms with Gasteiger partial charge in [0.2, 0.25) is 5.91 Å². The standard InChI is InChI=1S/C31H36N2O3/c1-24-13-11-12-16-26(24)22-33(30(34)23-36-28-19-9-4-10-20-28)29(21-25-14-5-2-6-15-25)31(35)32-27-17-7-3-8-18-27/h2,4-6,9-16,19-20,27,29H,3,7-8,17-18,21-23H2,1H3,(H,32,35)/t29-/m1/s1. The van der Waals surface area contributed by atoms with Gasteiger partial charge in [-0.2, -0.15) is 0 Å². The molecule has 1 N–H and O–H groups in total. The van der Waals surface area contributed by atoms with Gasteiger partial charge in [-0.25, -0.2) is 0 Å². The Balaban J connectivity index is 1.61. The summed E-state index contributed by atoms with van der Waals surface area (Å²) in [6, 6.07) is 26.8. The van der Waals surface area contributed by atoms with Gasteiger partial charge in [0.1, 0.15) is 11.8 Å². The molecule has 0 bridgehead atoms. The number of nitrogens with one attached hydrogen (secondary N) is 1. The maximum Gasteiger partial charge on any atom is 0.261 e. The van der Waals surface area contributed by atoms with Crippen molar-refractivity contribution in [2.75, 3.05) is 6.61 Å². The van der Waals surface area contributed by atoms with E-state index in [1.165, 1.54) is 6.42 Å². The molecule has 1 atom stereocenters. The first-order valence-corrected chi connectivity index (χ1v) is 13.0. The van der Waals surface area contributed by atoms with Crippen molar-refractivity contribution < 1.29 is 14.3 Å². The normalized spacial score (nSPS) is 14.6. The number of para-hydroxylation sites is 1. The van der Waals surface area contributed by atoms with Crippen LogP contribution >= 0.6 is 0 Å². The van der Waals surface area contributed by atoms with Crippen LogP contribution in [0.4, 0.5) is 0 Å². The van der Waals surface area contributed by atoms with Gasteiger partial charge >= 0.3 is 0 Å². The van der Waals surface area contributed by atoms with Gasteiger partial charge in [0.05, 0.1) is 0 Å². The Morgan fingerprint density at radius 1 is 0.889 bits per heavy atom. The summed E-state index contributed by atoms with van der Waals surface area (Å²) >= 11 is 0. The molecule has 3 aromatic rings. The lowest BCUT2D eigenvalue weighted by Gasteiger charge is -2.33. The lowest BCUT2D eigenvalue weighted by molar-refractivity contribution is -0.143. The molecule has 1 aliphatic carbocycles. The highest BCUT2D eigenvalue weighted by molar-refractivity contribution is 5.88. The van der Waals surface area contributed by atoms with Crippen molar-refractivity contribution in [3.63, 3.8) is 0 Å². The smallest absolute Gasteiger partial charge is 0.261 e. The van der Waals surface area contributed by atoms with Gasteiger partial charge in [-0.3, -0.25) is 9.59 Å². The van der Waals surface area contributed by atoms with Gasteiger partial charge in [0.15, 0.2) is 6.61 Å². The van der Waals surface area contributed by atoms with Gasteiger partial charge in [0.25, 0.3) is 5.91 Å². The molecule has 3 aromatic carbocycles. The van der Waals surface area contributed by atoms with E-state index in [4.69, 9.17) is 4.74 Å². The predicted molar refractivity (Wildman–Crippen MR) is 143 cm³/mol. The second-order valence-corrected chi connectivity index (χ2v) is 9.60. The number of hydrogen-bond donors (Lipinski definition) is 1. The van der Waals surface area contributed by atoms with E-state index in [2.05, 4.69) is 5.32 Å². The van der Waals surface area contributed by atoms with Crippen molar-refractivity contribution in [1.29, 1.82) is 0 Å². The number of hydrogen-bond acceptors (Lipinski definition) is 3. The molecule has 0 aromatic heterocycles. The molecule has 0 aliphatic heterocycles. The molecule has 1 saturated carbocycles. The molecule has 2 amide bonds. The first-order valence-electron chi connectivity index (χ1n) is 13.0. The summed E-state index contributed by atoms with van der Waals surface area (Å²) in [6.45, 7) is 2.25. The van der Waals surface area contributed by atoms with E-state index in [-0.39, 0.29) is 24.5 Å². The van der Waals surface area contributed by atoms with Crippen molar-refractivity contribution >= 4 is 11.8 Å². The van der Waals surface area contributed by atoms with E-state index in [9.17, 15) is 9.59 Å². The molecule has 188 valence electrons. The molecule has 1 fully saturated rings. The molecule has 0 saturated heterocycles. The minimum Gasteiger partial charge on any atom is -0.484 e. The summed E-state index contributed by atoms with van der Waals surface area (Å²) in [5.74, 6) is 0.335. The van der Waals surface area contributed by atoms with E-state index >= 15 is 0 Å². The number of nitrogens with zero attached hydrogens (tertiary/aromatic N) is 1. The lowest BCUT2D eigenvalue weighted by atomic mass is 9.94. The van der Waals surface area contributed by atoms with Crippen LogP contribution in [0.15, 0.2) is 84.9 Å². The average Bonchev–Trinajstić information content (AvgIpc) is 2.92. The molecule has 0 spiro atoms. The van der Waals surface area contributed by atoms with Crippen LogP contribution in [0.2, 0.25) is 0 Å². The molecule has 4 rings (SSSR count). The summed E-state index contributed by atoms with van der Waals surface area (Å²) in [5, 5.41) is 3.28. The molecule has 5 heteroatoms. The molecule has 0 heterocycles. The third-order valence-corrected chi connectivity index (χ3v) is 6.93. The second-order valence-electron chi connectivity index (χ2n) is 9.60. The van der Waals surface area contributed by atoms with Crippen molar-refractivity contribution in [1.82, 2.24) is 10.2 Å². The van der Waals surface area contributed by atoms with E-state index in [0.717, 1.165) is 42.4 Å². The number of benzene rings is 3. The van der Waals surface area contributed by atoms with Crippen LogP contribution < -0.4 is 10.1 Å². The van der Waals surface area contributed by atoms with Crippen molar-refractivity contribution in [3.05, 3.63) is 102 Å². The lowest BCUT2D eigenvalue weighted by Crippen LogP contribution is -2.53. The number of ether oxygens (including phenoxy) is 1. The number of carbonyl (C=O) groups is 2. The Morgan fingerprint density at radius 3 is 2.22 bits per heavy atom. The quantitative estimate of drug-likeness (QED) is 0.416. The number of amides is 2. The second kappa shape index (κ2) is 12.9. The SMILES string of the molecule is Cc1ccccc1CN(C(=O)COc1ccccc1)[C@H](Cc1ccccc1)C(=O)NC1CCCCC1.